The van der Waals surface area contributed by atoms with Gasteiger partial charge in [0.05, 0.1) is 10.8 Å². The monoisotopic (exact) mass is 370 g/mol. The van der Waals surface area contributed by atoms with Crippen LogP contribution in [0.1, 0.15) is 28.8 Å². The van der Waals surface area contributed by atoms with Gasteiger partial charge in [-0.2, -0.15) is 0 Å². The lowest BCUT2D eigenvalue weighted by atomic mass is 9.95. The summed E-state index contributed by atoms with van der Waals surface area (Å²) in [6.45, 7) is 3.18. The molecule has 1 aliphatic rings. The Labute approximate surface area is 152 Å². The fourth-order valence-electron chi connectivity index (χ4n) is 2.96. The van der Waals surface area contributed by atoms with E-state index < -0.39 is 10.8 Å². The second-order valence-electron chi connectivity index (χ2n) is 5.90. The molecule has 0 saturated carbocycles. The molecule has 1 heterocycles. The molecule has 0 spiro atoms. The fourth-order valence-corrected chi connectivity index (χ4v) is 2.96. The molecule has 1 aromatic rings. The topological polar surface area (TPSA) is 119 Å². The third-order valence-electron chi connectivity index (χ3n) is 4.18. The maximum absolute atomic E-state index is 12.8. The van der Waals surface area contributed by atoms with E-state index in [-0.39, 0.29) is 42.0 Å². The van der Waals surface area contributed by atoms with E-state index in [4.69, 9.17) is 5.73 Å². The van der Waals surface area contributed by atoms with Crippen LogP contribution in [0.4, 0.5) is 5.69 Å². The minimum Gasteiger partial charge on any atom is -0.355 e. The molecule has 0 bridgehead atoms. The standard InChI is InChI=1S/C16H22N4O4.ClH/c1-11-4-2-6-13(20(23)24)14(11)16(22)19-9-3-5-12(10-19)15(21)18-8-7-17;/h2,4,6,12H,3,5,7-10,17H2,1H3,(H,18,21);1H. The predicted molar refractivity (Wildman–Crippen MR) is 95.8 cm³/mol. The second-order valence-corrected chi connectivity index (χ2v) is 5.90. The van der Waals surface area contributed by atoms with Gasteiger partial charge in [-0.15, -0.1) is 12.4 Å². The summed E-state index contributed by atoms with van der Waals surface area (Å²) in [7, 11) is 0. The molecule has 1 fully saturated rings. The molecule has 3 N–H and O–H groups in total. The molecule has 0 aromatic heterocycles. The number of benzene rings is 1. The maximum Gasteiger partial charge on any atom is 0.282 e. The summed E-state index contributed by atoms with van der Waals surface area (Å²) in [6, 6.07) is 4.56. The SMILES string of the molecule is Cc1cccc([N+](=O)[O-])c1C(=O)N1CCCC(C(=O)NCCN)C1.Cl. The van der Waals surface area contributed by atoms with Gasteiger partial charge >= 0.3 is 0 Å². The van der Waals surface area contributed by atoms with Crippen LogP contribution in [0.15, 0.2) is 18.2 Å². The van der Waals surface area contributed by atoms with Crippen molar-refractivity contribution in [3.63, 3.8) is 0 Å². The van der Waals surface area contributed by atoms with Gasteiger partial charge in [0.2, 0.25) is 5.91 Å². The van der Waals surface area contributed by atoms with Gasteiger partial charge in [0.25, 0.3) is 11.6 Å². The fraction of sp³-hybridized carbons (Fsp3) is 0.500. The van der Waals surface area contributed by atoms with Crippen LogP contribution in [0.25, 0.3) is 0 Å². The van der Waals surface area contributed by atoms with E-state index in [0.29, 0.717) is 38.0 Å². The number of piperidine rings is 1. The van der Waals surface area contributed by atoms with Gasteiger partial charge in [-0.25, -0.2) is 0 Å². The normalized spacial score (nSPS) is 16.7. The van der Waals surface area contributed by atoms with Crippen molar-refractivity contribution in [3.8, 4) is 0 Å². The molecule has 2 amide bonds. The number of nitro groups is 1. The highest BCUT2D eigenvalue weighted by atomic mass is 35.5. The first-order valence-electron chi connectivity index (χ1n) is 7.96. The number of likely N-dealkylation sites (tertiary alicyclic amines) is 1. The van der Waals surface area contributed by atoms with Gasteiger partial charge in [0.15, 0.2) is 0 Å². The number of amides is 2. The van der Waals surface area contributed by atoms with Gasteiger partial charge in [-0.1, -0.05) is 12.1 Å². The van der Waals surface area contributed by atoms with E-state index in [2.05, 4.69) is 5.32 Å². The molecule has 0 radical (unpaired) electrons. The van der Waals surface area contributed by atoms with Gasteiger partial charge in [-0.05, 0) is 25.3 Å². The molecule has 25 heavy (non-hydrogen) atoms. The van der Waals surface area contributed by atoms with Crippen LogP contribution >= 0.6 is 12.4 Å². The minimum absolute atomic E-state index is 0. The van der Waals surface area contributed by atoms with Gasteiger partial charge in [0.1, 0.15) is 5.56 Å². The van der Waals surface area contributed by atoms with Crippen molar-refractivity contribution in [2.45, 2.75) is 19.8 Å². The maximum atomic E-state index is 12.8. The molecule has 1 saturated heterocycles. The third-order valence-corrected chi connectivity index (χ3v) is 4.18. The highest BCUT2D eigenvalue weighted by Gasteiger charge is 2.32. The zero-order chi connectivity index (χ0) is 17.7. The number of nitrogens with two attached hydrogens (primary N) is 1. The first kappa shape index (κ1) is 20.9. The molecule has 138 valence electrons. The Hall–Kier alpha value is -2.19. The number of nitrogens with zero attached hydrogens (tertiary/aromatic N) is 2. The van der Waals surface area contributed by atoms with Crippen molar-refractivity contribution in [1.82, 2.24) is 10.2 Å². The number of hydrogen-bond donors (Lipinski definition) is 2. The molecule has 8 nitrogen and oxygen atoms in total. The van der Waals surface area contributed by atoms with Crippen LogP contribution in [-0.2, 0) is 4.79 Å². The molecule has 9 heteroatoms. The lowest BCUT2D eigenvalue weighted by molar-refractivity contribution is -0.385. The lowest BCUT2D eigenvalue weighted by Crippen LogP contribution is -2.46. The number of nitrogens with one attached hydrogen (secondary N) is 1. The number of nitro benzene ring substituents is 1. The third kappa shape index (κ3) is 4.90. The van der Waals surface area contributed by atoms with Crippen LogP contribution in [0.3, 0.4) is 0 Å². The van der Waals surface area contributed by atoms with Crippen LogP contribution < -0.4 is 11.1 Å². The van der Waals surface area contributed by atoms with Crippen molar-refractivity contribution in [2.24, 2.45) is 11.7 Å². The summed E-state index contributed by atoms with van der Waals surface area (Å²) in [5.41, 5.74) is 5.84. The van der Waals surface area contributed by atoms with Crippen LogP contribution in [0, 0.1) is 23.0 Å². The average molecular weight is 371 g/mol. The van der Waals surface area contributed by atoms with Crippen LogP contribution in [0.2, 0.25) is 0 Å². The van der Waals surface area contributed by atoms with E-state index in [1.54, 1.807) is 19.1 Å². The number of rotatable bonds is 5. The van der Waals surface area contributed by atoms with Crippen molar-refractivity contribution in [2.75, 3.05) is 26.2 Å². The molecule has 1 aliphatic heterocycles. The van der Waals surface area contributed by atoms with Gasteiger partial charge in [0, 0.05) is 32.2 Å². The summed E-state index contributed by atoms with van der Waals surface area (Å²) >= 11 is 0. The Bertz CT molecular complexity index is 653. The molecular formula is C16H23ClN4O4. The number of aryl methyl sites for hydroxylation is 1. The second kappa shape index (κ2) is 9.33. The Morgan fingerprint density at radius 1 is 1.44 bits per heavy atom. The highest BCUT2D eigenvalue weighted by Crippen LogP contribution is 2.26. The number of halogens is 1. The minimum atomic E-state index is -0.546. The van der Waals surface area contributed by atoms with Gasteiger partial charge < -0.3 is 16.0 Å². The lowest BCUT2D eigenvalue weighted by Gasteiger charge is -2.32. The van der Waals surface area contributed by atoms with Crippen molar-refractivity contribution < 1.29 is 14.5 Å². The van der Waals surface area contributed by atoms with Crippen LogP contribution in [-0.4, -0.2) is 47.8 Å². The van der Waals surface area contributed by atoms with Crippen molar-refractivity contribution >= 4 is 29.9 Å². The summed E-state index contributed by atoms with van der Waals surface area (Å²) in [5.74, 6) is -0.828. The number of hydrogen-bond acceptors (Lipinski definition) is 5. The van der Waals surface area contributed by atoms with E-state index in [1.165, 1.54) is 11.0 Å². The van der Waals surface area contributed by atoms with Gasteiger partial charge in [-0.3, -0.25) is 19.7 Å². The van der Waals surface area contributed by atoms with E-state index in [9.17, 15) is 19.7 Å². The summed E-state index contributed by atoms with van der Waals surface area (Å²) in [5, 5.41) is 13.9. The highest BCUT2D eigenvalue weighted by molar-refractivity contribution is 6.00. The Morgan fingerprint density at radius 2 is 2.16 bits per heavy atom. The molecule has 0 aliphatic carbocycles. The van der Waals surface area contributed by atoms with Crippen molar-refractivity contribution in [3.05, 3.63) is 39.4 Å². The first-order chi connectivity index (χ1) is 11.5. The van der Waals surface area contributed by atoms with E-state index in [0.717, 1.165) is 0 Å². The largest absolute Gasteiger partial charge is 0.355 e. The Morgan fingerprint density at radius 3 is 2.80 bits per heavy atom. The summed E-state index contributed by atoms with van der Waals surface area (Å²) < 4.78 is 0. The quantitative estimate of drug-likeness (QED) is 0.597. The summed E-state index contributed by atoms with van der Waals surface area (Å²) in [6.07, 6.45) is 1.38. The van der Waals surface area contributed by atoms with E-state index >= 15 is 0 Å². The average Bonchev–Trinajstić information content (AvgIpc) is 2.58. The van der Waals surface area contributed by atoms with E-state index in [1.807, 2.05) is 0 Å². The molecule has 2 rings (SSSR count). The smallest absolute Gasteiger partial charge is 0.282 e. The summed E-state index contributed by atoms with van der Waals surface area (Å²) in [4.78, 5) is 37.1. The molecule has 1 aromatic carbocycles. The first-order valence-corrected chi connectivity index (χ1v) is 7.96. The Kier molecular flexibility index (Phi) is 7.79. The molecular weight excluding hydrogens is 348 g/mol. The van der Waals surface area contributed by atoms with Crippen LogP contribution in [0.5, 0.6) is 0 Å². The Balaban J connectivity index is 0.00000312. The molecule has 1 unspecified atom stereocenters. The van der Waals surface area contributed by atoms with Crippen molar-refractivity contribution in [1.29, 1.82) is 0 Å². The predicted octanol–water partition coefficient (Wildman–Crippen LogP) is 1.25. The zero-order valence-corrected chi connectivity index (χ0v) is 14.9. The zero-order valence-electron chi connectivity index (χ0n) is 14.1. The number of carbonyl (C=O) groups excluding carboxylic acids is 2. The number of carbonyl (C=O) groups is 2. The molecule has 1 atom stereocenters.